The van der Waals surface area contributed by atoms with Crippen LogP contribution in [0, 0.1) is 11.3 Å². The lowest BCUT2D eigenvalue weighted by Crippen LogP contribution is -2.49. The summed E-state index contributed by atoms with van der Waals surface area (Å²) in [4.78, 5) is 14.3. The molecule has 0 aromatic heterocycles. The lowest BCUT2D eigenvalue weighted by molar-refractivity contribution is -0.147. The van der Waals surface area contributed by atoms with Crippen molar-refractivity contribution < 1.29 is 9.53 Å². The van der Waals surface area contributed by atoms with Crippen molar-refractivity contribution in [3.05, 3.63) is 0 Å². The van der Waals surface area contributed by atoms with Gasteiger partial charge < -0.3 is 15.4 Å². The first-order valence-corrected chi connectivity index (χ1v) is 7.87. The standard InChI is InChI=1S/C16H30N2O2/c1-15(2,3)12-6-9-18(10-7-12)13-5-8-16(17,11-13)14(19)20-4/h12-13H,5-11,17H2,1-4H3. The van der Waals surface area contributed by atoms with E-state index >= 15 is 0 Å². The highest BCUT2D eigenvalue weighted by Crippen LogP contribution is 2.38. The highest BCUT2D eigenvalue weighted by atomic mass is 16.5. The van der Waals surface area contributed by atoms with Crippen LogP contribution in [-0.2, 0) is 9.53 Å². The van der Waals surface area contributed by atoms with E-state index < -0.39 is 5.54 Å². The van der Waals surface area contributed by atoms with E-state index in [1.165, 1.54) is 20.0 Å². The molecule has 2 atom stereocenters. The molecule has 1 saturated carbocycles. The normalized spacial score (nSPS) is 33.4. The number of carbonyl (C=O) groups excluding carboxylic acids is 1. The van der Waals surface area contributed by atoms with Gasteiger partial charge in [-0.15, -0.1) is 0 Å². The summed E-state index contributed by atoms with van der Waals surface area (Å²) >= 11 is 0. The molecule has 2 fully saturated rings. The Balaban J connectivity index is 1.88. The summed E-state index contributed by atoms with van der Waals surface area (Å²) in [6.07, 6.45) is 5.04. The summed E-state index contributed by atoms with van der Waals surface area (Å²) in [7, 11) is 1.43. The van der Waals surface area contributed by atoms with Crippen LogP contribution in [0.5, 0.6) is 0 Å². The molecule has 20 heavy (non-hydrogen) atoms. The van der Waals surface area contributed by atoms with E-state index in [0.717, 1.165) is 38.3 Å². The Bertz CT molecular complexity index is 356. The molecule has 0 aromatic rings. The Hall–Kier alpha value is -0.610. The molecule has 0 radical (unpaired) electrons. The monoisotopic (exact) mass is 282 g/mol. The number of carbonyl (C=O) groups is 1. The Morgan fingerprint density at radius 2 is 1.85 bits per heavy atom. The number of ether oxygens (including phenoxy) is 1. The number of hydrogen-bond donors (Lipinski definition) is 1. The summed E-state index contributed by atoms with van der Waals surface area (Å²) in [5, 5.41) is 0. The third-order valence-electron chi connectivity index (χ3n) is 5.39. The van der Waals surface area contributed by atoms with Gasteiger partial charge >= 0.3 is 5.97 Å². The number of methoxy groups -OCH3 is 1. The average Bonchev–Trinajstić information content (AvgIpc) is 2.81. The number of esters is 1. The van der Waals surface area contributed by atoms with Crippen molar-refractivity contribution >= 4 is 5.97 Å². The first-order chi connectivity index (χ1) is 9.26. The molecule has 4 heteroatoms. The highest BCUT2D eigenvalue weighted by molar-refractivity contribution is 5.81. The van der Waals surface area contributed by atoms with E-state index in [1.54, 1.807) is 0 Å². The largest absolute Gasteiger partial charge is 0.468 e. The lowest BCUT2D eigenvalue weighted by Gasteiger charge is -2.41. The Morgan fingerprint density at radius 1 is 1.25 bits per heavy atom. The van der Waals surface area contributed by atoms with E-state index in [4.69, 9.17) is 10.5 Å². The van der Waals surface area contributed by atoms with Crippen LogP contribution in [0.1, 0.15) is 52.9 Å². The average molecular weight is 282 g/mol. The first-order valence-electron chi connectivity index (χ1n) is 7.87. The van der Waals surface area contributed by atoms with Crippen molar-refractivity contribution in [3.8, 4) is 0 Å². The van der Waals surface area contributed by atoms with Crippen LogP contribution in [0.2, 0.25) is 0 Å². The van der Waals surface area contributed by atoms with Gasteiger partial charge in [0.25, 0.3) is 0 Å². The molecule has 0 bridgehead atoms. The van der Waals surface area contributed by atoms with Crippen molar-refractivity contribution in [3.63, 3.8) is 0 Å². The summed E-state index contributed by atoms with van der Waals surface area (Å²) in [5.41, 5.74) is 5.86. The molecule has 0 aromatic carbocycles. The van der Waals surface area contributed by atoms with Crippen LogP contribution >= 0.6 is 0 Å². The van der Waals surface area contributed by atoms with Crippen LogP contribution in [0.25, 0.3) is 0 Å². The van der Waals surface area contributed by atoms with Crippen LogP contribution in [0.15, 0.2) is 0 Å². The van der Waals surface area contributed by atoms with Crippen molar-refractivity contribution in [2.75, 3.05) is 20.2 Å². The Kier molecular flexibility index (Phi) is 4.45. The smallest absolute Gasteiger partial charge is 0.325 e. The quantitative estimate of drug-likeness (QED) is 0.789. The zero-order valence-corrected chi connectivity index (χ0v) is 13.4. The van der Waals surface area contributed by atoms with E-state index in [1.807, 2.05) is 0 Å². The van der Waals surface area contributed by atoms with Crippen molar-refractivity contribution in [2.45, 2.75) is 64.5 Å². The van der Waals surface area contributed by atoms with Crippen LogP contribution in [0.3, 0.4) is 0 Å². The molecular formula is C16H30N2O2. The fourth-order valence-electron chi connectivity index (χ4n) is 3.88. The summed E-state index contributed by atoms with van der Waals surface area (Å²) < 4.78 is 4.85. The van der Waals surface area contributed by atoms with Gasteiger partial charge in [-0.05, 0) is 56.5 Å². The fourth-order valence-corrected chi connectivity index (χ4v) is 3.88. The van der Waals surface area contributed by atoms with Crippen LogP contribution in [-0.4, -0.2) is 42.6 Å². The highest BCUT2D eigenvalue weighted by Gasteiger charge is 2.45. The van der Waals surface area contributed by atoms with E-state index in [0.29, 0.717) is 11.5 Å². The third kappa shape index (κ3) is 3.17. The predicted octanol–water partition coefficient (Wildman–Crippen LogP) is 2.17. The number of hydrogen-bond acceptors (Lipinski definition) is 4. The maximum Gasteiger partial charge on any atom is 0.325 e. The maximum absolute atomic E-state index is 11.8. The second-order valence-electron chi connectivity index (χ2n) is 7.72. The summed E-state index contributed by atoms with van der Waals surface area (Å²) in [5.74, 6) is 0.563. The molecule has 1 heterocycles. The second kappa shape index (κ2) is 5.64. The molecule has 2 N–H and O–H groups in total. The van der Waals surface area contributed by atoms with Crippen LogP contribution in [0.4, 0.5) is 0 Å². The first kappa shape index (κ1) is 15.8. The fraction of sp³-hybridized carbons (Fsp3) is 0.938. The molecule has 0 spiro atoms. The van der Waals surface area contributed by atoms with Gasteiger partial charge in [-0.25, -0.2) is 0 Å². The van der Waals surface area contributed by atoms with E-state index in [2.05, 4.69) is 25.7 Å². The molecule has 116 valence electrons. The maximum atomic E-state index is 11.8. The zero-order valence-electron chi connectivity index (χ0n) is 13.4. The third-order valence-corrected chi connectivity index (χ3v) is 5.39. The van der Waals surface area contributed by atoms with E-state index in [-0.39, 0.29) is 5.97 Å². The van der Waals surface area contributed by atoms with Gasteiger partial charge in [0, 0.05) is 6.04 Å². The van der Waals surface area contributed by atoms with Crippen molar-refractivity contribution in [1.82, 2.24) is 4.90 Å². The van der Waals surface area contributed by atoms with Gasteiger partial charge in [0.05, 0.1) is 7.11 Å². The number of piperidine rings is 1. The number of likely N-dealkylation sites (tertiary alicyclic amines) is 1. The molecule has 2 unspecified atom stereocenters. The van der Waals surface area contributed by atoms with Gasteiger partial charge in [-0.1, -0.05) is 20.8 Å². The molecule has 1 aliphatic carbocycles. The van der Waals surface area contributed by atoms with E-state index in [9.17, 15) is 4.79 Å². The molecular weight excluding hydrogens is 252 g/mol. The van der Waals surface area contributed by atoms with Gasteiger partial charge in [0.2, 0.25) is 0 Å². The lowest BCUT2D eigenvalue weighted by atomic mass is 9.75. The van der Waals surface area contributed by atoms with Gasteiger partial charge in [-0.3, -0.25) is 4.79 Å². The molecule has 4 nitrogen and oxygen atoms in total. The van der Waals surface area contributed by atoms with Crippen molar-refractivity contribution in [1.29, 1.82) is 0 Å². The predicted molar refractivity (Wildman–Crippen MR) is 80.3 cm³/mol. The minimum Gasteiger partial charge on any atom is -0.468 e. The Morgan fingerprint density at radius 3 is 2.35 bits per heavy atom. The summed E-state index contributed by atoms with van der Waals surface area (Å²) in [6.45, 7) is 9.30. The van der Waals surface area contributed by atoms with Crippen molar-refractivity contribution in [2.24, 2.45) is 17.1 Å². The SMILES string of the molecule is COC(=O)C1(N)CCC(N2CCC(C(C)(C)C)CC2)C1. The molecule has 0 amide bonds. The minimum absolute atomic E-state index is 0.246. The molecule has 1 aliphatic heterocycles. The number of rotatable bonds is 2. The molecule has 2 rings (SSSR count). The van der Waals surface area contributed by atoms with Gasteiger partial charge in [0.1, 0.15) is 5.54 Å². The van der Waals surface area contributed by atoms with Crippen LogP contribution < -0.4 is 5.73 Å². The zero-order chi connectivity index (χ0) is 15.0. The minimum atomic E-state index is -0.750. The molecule has 2 aliphatic rings. The van der Waals surface area contributed by atoms with Gasteiger partial charge in [-0.2, -0.15) is 0 Å². The van der Waals surface area contributed by atoms with Gasteiger partial charge in [0.15, 0.2) is 0 Å². The number of nitrogens with zero attached hydrogens (tertiary/aromatic N) is 1. The second-order valence-corrected chi connectivity index (χ2v) is 7.72. The number of nitrogens with two attached hydrogens (primary N) is 1. The topological polar surface area (TPSA) is 55.6 Å². The molecule has 1 saturated heterocycles. The summed E-state index contributed by atoms with van der Waals surface area (Å²) in [6, 6.07) is 0.458. The Labute approximate surface area is 123 Å².